The molecule has 1 aromatic heterocycles. The molecule has 4 nitrogen and oxygen atoms in total. The first-order valence-corrected chi connectivity index (χ1v) is 10.7. The molecule has 4 atom stereocenters. The van der Waals surface area contributed by atoms with E-state index < -0.39 is 0 Å². The smallest absolute Gasteiger partial charge is 0.282 e. The van der Waals surface area contributed by atoms with Gasteiger partial charge in [-0.25, -0.2) is 0 Å². The van der Waals surface area contributed by atoms with Crippen LogP contribution < -0.4 is 0 Å². The fourth-order valence-electron chi connectivity index (χ4n) is 4.13. The number of pyridine rings is 1. The molecule has 4 unspecified atom stereocenters. The molecular weight excluding hydrogens is 380 g/mol. The summed E-state index contributed by atoms with van der Waals surface area (Å²) in [5.41, 5.74) is 3.17. The molecule has 0 aromatic carbocycles. The minimum absolute atomic E-state index is 0.0960. The molecule has 0 aliphatic carbocycles. The quantitative estimate of drug-likeness (QED) is 0.359. The third kappa shape index (κ3) is 4.04. The highest BCUT2D eigenvalue weighted by molar-refractivity contribution is 8.14. The standard InChI is InChI=1S/C21H27ClN2O2S/c1-5-15(12-22)16-7-9-24-19(11-16)20(27-21(24)25)17-6-8-23-14(3)18(17)10-13(2)26-4/h5-6,8,10,15-16,19-20H,1,7,9,11-12H2,2-4H3. The van der Waals surface area contributed by atoms with Crippen molar-refractivity contribution in [2.75, 3.05) is 19.5 Å². The maximum atomic E-state index is 12.7. The molecule has 0 bridgehead atoms. The molecule has 3 rings (SSSR count). The number of allylic oxidation sites excluding steroid dienone is 2. The monoisotopic (exact) mass is 406 g/mol. The van der Waals surface area contributed by atoms with Crippen molar-refractivity contribution >= 4 is 34.7 Å². The highest BCUT2D eigenvalue weighted by atomic mass is 35.5. The summed E-state index contributed by atoms with van der Waals surface area (Å²) in [5.74, 6) is 2.18. The fourth-order valence-corrected chi connectivity index (χ4v) is 5.84. The molecule has 0 radical (unpaired) electrons. The number of rotatable bonds is 6. The van der Waals surface area contributed by atoms with Crippen molar-refractivity contribution in [2.24, 2.45) is 11.8 Å². The summed E-state index contributed by atoms with van der Waals surface area (Å²) in [6.45, 7) is 8.68. The van der Waals surface area contributed by atoms with E-state index in [0.717, 1.165) is 42.0 Å². The highest BCUT2D eigenvalue weighted by Gasteiger charge is 2.46. The molecule has 6 heteroatoms. The van der Waals surface area contributed by atoms with E-state index in [9.17, 15) is 4.79 Å². The van der Waals surface area contributed by atoms with Crippen LogP contribution in [0.25, 0.3) is 6.08 Å². The van der Waals surface area contributed by atoms with Crippen LogP contribution in [0.3, 0.4) is 0 Å². The average Bonchev–Trinajstić information content (AvgIpc) is 3.00. The first kappa shape index (κ1) is 20.3. The summed E-state index contributed by atoms with van der Waals surface area (Å²) in [4.78, 5) is 19.2. The Morgan fingerprint density at radius 2 is 2.37 bits per heavy atom. The molecule has 27 heavy (non-hydrogen) atoms. The summed E-state index contributed by atoms with van der Waals surface area (Å²) >= 11 is 7.60. The van der Waals surface area contributed by atoms with E-state index in [1.807, 2.05) is 43.2 Å². The summed E-state index contributed by atoms with van der Waals surface area (Å²) in [6.07, 6.45) is 7.78. The van der Waals surface area contributed by atoms with Crippen molar-refractivity contribution in [3.8, 4) is 0 Å². The van der Waals surface area contributed by atoms with E-state index in [-0.39, 0.29) is 16.5 Å². The Morgan fingerprint density at radius 3 is 3.04 bits per heavy atom. The number of ether oxygens (including phenoxy) is 1. The van der Waals surface area contributed by atoms with Gasteiger partial charge in [0.2, 0.25) is 0 Å². The first-order chi connectivity index (χ1) is 13.0. The second kappa shape index (κ2) is 8.70. The van der Waals surface area contributed by atoms with Crippen LogP contribution in [-0.2, 0) is 4.74 Å². The number of hydrogen-bond acceptors (Lipinski definition) is 4. The molecule has 2 fully saturated rings. The number of aromatic nitrogens is 1. The Labute approximate surface area is 171 Å². The number of methoxy groups -OCH3 is 1. The minimum Gasteiger partial charge on any atom is -0.501 e. The first-order valence-electron chi connectivity index (χ1n) is 9.33. The summed E-state index contributed by atoms with van der Waals surface area (Å²) < 4.78 is 5.36. The van der Waals surface area contributed by atoms with Crippen molar-refractivity contribution in [3.63, 3.8) is 0 Å². The van der Waals surface area contributed by atoms with Crippen molar-refractivity contribution in [2.45, 2.75) is 38.0 Å². The van der Waals surface area contributed by atoms with Gasteiger partial charge in [-0.15, -0.1) is 18.2 Å². The van der Waals surface area contributed by atoms with E-state index in [1.54, 1.807) is 7.11 Å². The number of nitrogens with zero attached hydrogens (tertiary/aromatic N) is 2. The van der Waals surface area contributed by atoms with Gasteiger partial charge < -0.3 is 9.64 Å². The van der Waals surface area contributed by atoms with Gasteiger partial charge in [-0.2, -0.15) is 0 Å². The van der Waals surface area contributed by atoms with E-state index in [0.29, 0.717) is 17.7 Å². The molecule has 2 aliphatic heterocycles. The molecule has 0 saturated carbocycles. The van der Waals surface area contributed by atoms with Crippen LogP contribution in [0.4, 0.5) is 4.79 Å². The second-order valence-electron chi connectivity index (χ2n) is 7.26. The van der Waals surface area contributed by atoms with Crippen LogP contribution >= 0.6 is 23.4 Å². The van der Waals surface area contributed by atoms with Gasteiger partial charge in [0.25, 0.3) is 5.24 Å². The van der Waals surface area contributed by atoms with Gasteiger partial charge in [-0.1, -0.05) is 17.8 Å². The summed E-state index contributed by atoms with van der Waals surface area (Å²) in [6, 6.07) is 2.23. The molecule has 0 N–H and O–H groups in total. The molecule has 1 amide bonds. The van der Waals surface area contributed by atoms with Gasteiger partial charge in [-0.05, 0) is 56.2 Å². The van der Waals surface area contributed by atoms with Crippen molar-refractivity contribution in [1.82, 2.24) is 9.88 Å². The Morgan fingerprint density at radius 1 is 1.59 bits per heavy atom. The lowest BCUT2D eigenvalue weighted by atomic mass is 9.80. The zero-order valence-corrected chi connectivity index (χ0v) is 17.7. The van der Waals surface area contributed by atoms with Gasteiger partial charge in [0.05, 0.1) is 18.1 Å². The SMILES string of the molecule is C=CC(CCl)C1CCN2C(=O)SC(c3ccnc(C)c3C=C(C)OC)C2C1. The number of carbonyl (C=O) groups is 1. The van der Waals surface area contributed by atoms with Gasteiger partial charge in [0.15, 0.2) is 0 Å². The number of alkyl halides is 1. The molecule has 2 aliphatic rings. The largest absolute Gasteiger partial charge is 0.501 e. The van der Waals surface area contributed by atoms with Crippen LogP contribution in [0.2, 0.25) is 0 Å². The number of amides is 1. The number of piperidine rings is 1. The number of fused-ring (bicyclic) bond motifs is 1. The van der Waals surface area contributed by atoms with Crippen LogP contribution in [0, 0.1) is 18.8 Å². The van der Waals surface area contributed by atoms with Gasteiger partial charge >= 0.3 is 0 Å². The van der Waals surface area contributed by atoms with E-state index in [2.05, 4.69) is 11.6 Å². The molecular formula is C21H27ClN2O2S. The van der Waals surface area contributed by atoms with Crippen molar-refractivity contribution in [3.05, 3.63) is 47.5 Å². The van der Waals surface area contributed by atoms with Crippen LogP contribution in [-0.4, -0.2) is 40.7 Å². The number of carbonyl (C=O) groups excluding carboxylic acids is 1. The van der Waals surface area contributed by atoms with Gasteiger partial charge in [0, 0.05) is 35.9 Å². The predicted molar refractivity (Wildman–Crippen MR) is 113 cm³/mol. The second-order valence-corrected chi connectivity index (χ2v) is 8.66. The van der Waals surface area contributed by atoms with Crippen molar-refractivity contribution < 1.29 is 9.53 Å². The summed E-state index contributed by atoms with van der Waals surface area (Å²) in [7, 11) is 1.67. The molecule has 0 spiro atoms. The fraction of sp³-hybridized carbons (Fsp3) is 0.524. The third-order valence-corrected chi connectivity index (χ3v) is 7.40. The summed E-state index contributed by atoms with van der Waals surface area (Å²) in [5, 5.41) is 0.274. The number of hydrogen-bond donors (Lipinski definition) is 0. The average molecular weight is 407 g/mol. The van der Waals surface area contributed by atoms with Crippen LogP contribution in [0.15, 0.2) is 30.7 Å². The van der Waals surface area contributed by atoms with Crippen LogP contribution in [0.1, 0.15) is 41.8 Å². The van der Waals surface area contributed by atoms with Gasteiger partial charge in [-0.3, -0.25) is 9.78 Å². The van der Waals surface area contributed by atoms with E-state index in [1.165, 1.54) is 11.8 Å². The Kier molecular flexibility index (Phi) is 6.53. The number of halogens is 1. The lowest BCUT2D eigenvalue weighted by molar-refractivity contribution is 0.138. The topological polar surface area (TPSA) is 42.4 Å². The van der Waals surface area contributed by atoms with E-state index >= 15 is 0 Å². The van der Waals surface area contributed by atoms with E-state index in [4.69, 9.17) is 16.3 Å². The molecule has 3 heterocycles. The maximum Gasteiger partial charge on any atom is 0.282 e. The normalized spacial score (nSPS) is 26.7. The lowest BCUT2D eigenvalue weighted by Gasteiger charge is -2.38. The zero-order valence-electron chi connectivity index (χ0n) is 16.2. The zero-order chi connectivity index (χ0) is 19.6. The third-order valence-electron chi connectivity index (χ3n) is 5.78. The molecule has 2 saturated heterocycles. The minimum atomic E-state index is 0.0960. The Balaban J connectivity index is 1.96. The Hall–Kier alpha value is -1.46. The number of aryl methyl sites for hydroxylation is 1. The predicted octanol–water partition coefficient (Wildman–Crippen LogP) is 5.43. The maximum absolute atomic E-state index is 12.7. The van der Waals surface area contributed by atoms with Gasteiger partial charge in [0.1, 0.15) is 0 Å². The van der Waals surface area contributed by atoms with Crippen LogP contribution in [0.5, 0.6) is 0 Å². The number of thioether (sulfide) groups is 1. The lowest BCUT2D eigenvalue weighted by Crippen LogP contribution is -2.43. The molecule has 146 valence electrons. The van der Waals surface area contributed by atoms with Crippen molar-refractivity contribution in [1.29, 1.82) is 0 Å². The Bertz CT molecular complexity index is 752. The highest BCUT2D eigenvalue weighted by Crippen LogP contribution is 2.50. The molecule has 1 aromatic rings.